The summed E-state index contributed by atoms with van der Waals surface area (Å²) in [5, 5.41) is 3.45. The molecule has 2 nitrogen and oxygen atoms in total. The molecule has 0 aliphatic carbocycles. The molecule has 1 aromatic rings. The van der Waals surface area contributed by atoms with E-state index in [1.165, 1.54) is 24.8 Å². The van der Waals surface area contributed by atoms with Crippen molar-refractivity contribution >= 4 is 0 Å². The molecule has 0 atom stereocenters. The van der Waals surface area contributed by atoms with Crippen LogP contribution in [0, 0.1) is 0 Å². The number of unbranched alkanes of at least 4 members (excludes halogenated alkanes) is 3. The molecule has 0 unspecified atom stereocenters. The quantitative estimate of drug-likeness (QED) is 0.652. The van der Waals surface area contributed by atoms with Gasteiger partial charge in [-0.1, -0.05) is 59.6 Å². The van der Waals surface area contributed by atoms with Gasteiger partial charge >= 0.3 is 0 Å². The second kappa shape index (κ2) is 9.09. The maximum Gasteiger partial charge on any atom is 0.119 e. The van der Waals surface area contributed by atoms with Gasteiger partial charge in [-0.25, -0.2) is 0 Å². The molecular formula is C19H33NO. The van der Waals surface area contributed by atoms with Gasteiger partial charge < -0.3 is 10.1 Å². The van der Waals surface area contributed by atoms with Crippen LogP contribution in [0.15, 0.2) is 24.3 Å². The average molecular weight is 291 g/mol. The third-order valence-electron chi connectivity index (χ3n) is 3.59. The molecule has 0 saturated carbocycles. The Morgan fingerprint density at radius 1 is 1.05 bits per heavy atom. The van der Waals surface area contributed by atoms with Crippen LogP contribution < -0.4 is 10.1 Å². The predicted molar refractivity (Wildman–Crippen MR) is 92.2 cm³/mol. The average Bonchev–Trinajstić information content (AvgIpc) is 2.41. The lowest BCUT2D eigenvalue weighted by Crippen LogP contribution is -2.23. The summed E-state index contributed by atoms with van der Waals surface area (Å²) in [6, 6.07) is 9.10. The second-order valence-electron chi connectivity index (χ2n) is 7.15. The van der Waals surface area contributed by atoms with Gasteiger partial charge in [0.2, 0.25) is 0 Å². The van der Waals surface area contributed by atoms with Crippen LogP contribution in [0.5, 0.6) is 5.75 Å². The number of rotatable bonds is 9. The van der Waals surface area contributed by atoms with Crippen molar-refractivity contribution in [2.75, 3.05) is 13.2 Å². The van der Waals surface area contributed by atoms with Crippen molar-refractivity contribution in [1.29, 1.82) is 0 Å². The first-order chi connectivity index (χ1) is 9.89. The molecule has 120 valence electrons. The van der Waals surface area contributed by atoms with Crippen molar-refractivity contribution in [3.8, 4) is 5.75 Å². The maximum atomic E-state index is 5.87. The van der Waals surface area contributed by atoms with Crippen molar-refractivity contribution in [1.82, 2.24) is 5.32 Å². The SMILES string of the molecule is CC(C)NCCCCCCOc1cccc(C(C)(C)C)c1. The first kappa shape index (κ1) is 18.0. The van der Waals surface area contributed by atoms with E-state index in [1.54, 1.807) is 0 Å². The van der Waals surface area contributed by atoms with Crippen LogP contribution >= 0.6 is 0 Å². The van der Waals surface area contributed by atoms with E-state index in [-0.39, 0.29) is 5.41 Å². The van der Waals surface area contributed by atoms with Crippen molar-refractivity contribution in [3.05, 3.63) is 29.8 Å². The molecule has 0 fully saturated rings. The molecule has 1 N–H and O–H groups in total. The molecule has 1 rings (SSSR count). The zero-order valence-corrected chi connectivity index (χ0v) is 14.5. The summed E-state index contributed by atoms with van der Waals surface area (Å²) in [4.78, 5) is 0. The maximum absolute atomic E-state index is 5.87. The lowest BCUT2D eigenvalue weighted by Gasteiger charge is -2.19. The zero-order chi connectivity index (χ0) is 15.7. The summed E-state index contributed by atoms with van der Waals surface area (Å²) >= 11 is 0. The smallest absolute Gasteiger partial charge is 0.119 e. The van der Waals surface area contributed by atoms with Crippen LogP contribution in [0.25, 0.3) is 0 Å². The molecule has 2 heteroatoms. The summed E-state index contributed by atoms with van der Waals surface area (Å²) in [5.74, 6) is 1.00. The van der Waals surface area contributed by atoms with Gasteiger partial charge in [0.1, 0.15) is 5.75 Å². The van der Waals surface area contributed by atoms with Gasteiger partial charge in [-0.15, -0.1) is 0 Å². The third kappa shape index (κ3) is 8.11. The van der Waals surface area contributed by atoms with Crippen LogP contribution in [-0.4, -0.2) is 19.2 Å². The fourth-order valence-electron chi connectivity index (χ4n) is 2.21. The Labute approximate surface area is 131 Å². The van der Waals surface area contributed by atoms with Crippen molar-refractivity contribution in [3.63, 3.8) is 0 Å². The molecule has 0 amide bonds. The predicted octanol–water partition coefficient (Wildman–Crippen LogP) is 4.92. The topological polar surface area (TPSA) is 21.3 Å². The number of hydrogen-bond acceptors (Lipinski definition) is 2. The van der Waals surface area contributed by atoms with Crippen molar-refractivity contribution in [2.24, 2.45) is 0 Å². The van der Waals surface area contributed by atoms with Crippen LogP contribution in [0.1, 0.15) is 65.9 Å². The number of nitrogens with one attached hydrogen (secondary N) is 1. The van der Waals surface area contributed by atoms with E-state index in [2.05, 4.69) is 64.2 Å². The highest BCUT2D eigenvalue weighted by atomic mass is 16.5. The van der Waals surface area contributed by atoms with E-state index < -0.39 is 0 Å². The normalized spacial score (nSPS) is 11.9. The molecular weight excluding hydrogens is 258 g/mol. The summed E-state index contributed by atoms with van der Waals surface area (Å²) in [7, 11) is 0. The van der Waals surface area contributed by atoms with Gasteiger partial charge in [-0.2, -0.15) is 0 Å². The third-order valence-corrected chi connectivity index (χ3v) is 3.59. The molecule has 0 bridgehead atoms. The number of hydrogen-bond donors (Lipinski definition) is 1. The van der Waals surface area contributed by atoms with Crippen LogP contribution in [0.3, 0.4) is 0 Å². The Bertz CT molecular complexity index is 393. The monoisotopic (exact) mass is 291 g/mol. The molecule has 0 saturated heterocycles. The highest BCUT2D eigenvalue weighted by Gasteiger charge is 2.13. The Morgan fingerprint density at radius 3 is 2.43 bits per heavy atom. The molecule has 0 heterocycles. The number of ether oxygens (including phenoxy) is 1. The van der Waals surface area contributed by atoms with E-state index in [4.69, 9.17) is 4.74 Å². The van der Waals surface area contributed by atoms with Gasteiger partial charge in [0.25, 0.3) is 0 Å². The molecule has 0 spiro atoms. The lowest BCUT2D eigenvalue weighted by atomic mass is 9.87. The first-order valence-electron chi connectivity index (χ1n) is 8.36. The lowest BCUT2D eigenvalue weighted by molar-refractivity contribution is 0.303. The number of benzene rings is 1. The minimum absolute atomic E-state index is 0.183. The zero-order valence-electron chi connectivity index (χ0n) is 14.5. The van der Waals surface area contributed by atoms with Crippen molar-refractivity contribution in [2.45, 2.75) is 71.8 Å². The summed E-state index contributed by atoms with van der Waals surface area (Å²) in [5.41, 5.74) is 1.52. The molecule has 0 aliphatic heterocycles. The molecule has 0 aliphatic rings. The van der Waals surface area contributed by atoms with E-state index in [0.29, 0.717) is 6.04 Å². The molecule has 21 heavy (non-hydrogen) atoms. The Hall–Kier alpha value is -1.02. The minimum atomic E-state index is 0.183. The van der Waals surface area contributed by atoms with Gasteiger partial charge in [-0.3, -0.25) is 0 Å². The van der Waals surface area contributed by atoms with Gasteiger partial charge in [-0.05, 0) is 42.5 Å². The standard InChI is InChI=1S/C19H33NO/c1-16(2)20-13-8-6-7-9-14-21-18-12-10-11-17(15-18)19(3,4)5/h10-12,15-16,20H,6-9,13-14H2,1-5H3. The fourth-order valence-corrected chi connectivity index (χ4v) is 2.21. The van der Waals surface area contributed by atoms with E-state index in [0.717, 1.165) is 25.3 Å². The van der Waals surface area contributed by atoms with E-state index in [1.807, 2.05) is 0 Å². The second-order valence-corrected chi connectivity index (χ2v) is 7.15. The minimum Gasteiger partial charge on any atom is -0.494 e. The van der Waals surface area contributed by atoms with E-state index >= 15 is 0 Å². The van der Waals surface area contributed by atoms with Gasteiger partial charge in [0.05, 0.1) is 6.61 Å². The Kier molecular flexibility index (Phi) is 7.81. The summed E-state index contributed by atoms with van der Waals surface area (Å²) in [6.45, 7) is 13.0. The van der Waals surface area contributed by atoms with Crippen LogP contribution in [0.2, 0.25) is 0 Å². The fraction of sp³-hybridized carbons (Fsp3) is 0.684. The summed E-state index contributed by atoms with van der Waals surface area (Å²) < 4.78 is 5.87. The summed E-state index contributed by atoms with van der Waals surface area (Å²) in [6.07, 6.45) is 4.93. The van der Waals surface area contributed by atoms with Crippen molar-refractivity contribution < 1.29 is 4.74 Å². The van der Waals surface area contributed by atoms with Crippen LogP contribution in [0.4, 0.5) is 0 Å². The molecule has 0 radical (unpaired) electrons. The first-order valence-corrected chi connectivity index (χ1v) is 8.36. The highest BCUT2D eigenvalue weighted by molar-refractivity contribution is 5.32. The van der Waals surface area contributed by atoms with Gasteiger partial charge in [0, 0.05) is 6.04 Å². The van der Waals surface area contributed by atoms with Gasteiger partial charge in [0.15, 0.2) is 0 Å². The van der Waals surface area contributed by atoms with E-state index in [9.17, 15) is 0 Å². The highest BCUT2D eigenvalue weighted by Crippen LogP contribution is 2.25. The molecule has 0 aromatic heterocycles. The Balaban J connectivity index is 2.16. The molecule has 1 aromatic carbocycles. The van der Waals surface area contributed by atoms with Crippen LogP contribution in [-0.2, 0) is 5.41 Å². The largest absolute Gasteiger partial charge is 0.494 e. The Morgan fingerprint density at radius 2 is 1.76 bits per heavy atom.